The maximum atomic E-state index is 12.2. The summed E-state index contributed by atoms with van der Waals surface area (Å²) in [7, 11) is 0. The molecule has 0 bridgehead atoms. The fourth-order valence-electron chi connectivity index (χ4n) is 2.68. The smallest absolute Gasteiger partial charge is 0.329 e. The van der Waals surface area contributed by atoms with Gasteiger partial charge in [0.25, 0.3) is 11.2 Å². The van der Waals surface area contributed by atoms with E-state index in [9.17, 15) is 19.7 Å². The average molecular weight is 308 g/mol. The minimum absolute atomic E-state index is 0.111. The van der Waals surface area contributed by atoms with Crippen molar-refractivity contribution in [1.29, 1.82) is 0 Å². The molecule has 0 aromatic carbocycles. The van der Waals surface area contributed by atoms with E-state index in [0.29, 0.717) is 0 Å². The van der Waals surface area contributed by atoms with Gasteiger partial charge in [-0.1, -0.05) is 6.42 Å². The first-order chi connectivity index (χ1) is 10.4. The SMILES string of the molecule is Cc1cc(=O)n(C(C)C(=O)OC2CCCCC2)cc1[N+](=O)[O-]. The molecule has 1 unspecified atom stereocenters. The lowest BCUT2D eigenvalue weighted by atomic mass is 9.98. The van der Waals surface area contributed by atoms with E-state index >= 15 is 0 Å². The fraction of sp³-hybridized carbons (Fsp3) is 0.600. The van der Waals surface area contributed by atoms with Gasteiger partial charge >= 0.3 is 5.97 Å². The van der Waals surface area contributed by atoms with Gasteiger partial charge in [-0.3, -0.25) is 19.5 Å². The summed E-state index contributed by atoms with van der Waals surface area (Å²) in [4.78, 5) is 34.6. The summed E-state index contributed by atoms with van der Waals surface area (Å²) in [5, 5.41) is 11.0. The molecule has 0 radical (unpaired) electrons. The van der Waals surface area contributed by atoms with Crippen LogP contribution in [0.15, 0.2) is 17.1 Å². The molecule has 1 aliphatic rings. The lowest BCUT2D eigenvalue weighted by Gasteiger charge is -2.24. The third kappa shape index (κ3) is 3.52. The summed E-state index contributed by atoms with van der Waals surface area (Å²) in [6, 6.07) is 0.288. The number of aromatic nitrogens is 1. The van der Waals surface area contributed by atoms with Crippen molar-refractivity contribution in [2.45, 2.75) is 58.1 Å². The lowest BCUT2D eigenvalue weighted by Crippen LogP contribution is -2.32. The number of ether oxygens (including phenoxy) is 1. The second kappa shape index (κ2) is 6.72. The molecule has 7 heteroatoms. The van der Waals surface area contributed by atoms with Gasteiger partial charge in [-0.15, -0.1) is 0 Å². The molecule has 7 nitrogen and oxygen atoms in total. The molecule has 22 heavy (non-hydrogen) atoms. The van der Waals surface area contributed by atoms with Crippen LogP contribution < -0.4 is 5.56 Å². The monoisotopic (exact) mass is 308 g/mol. The van der Waals surface area contributed by atoms with Crippen molar-refractivity contribution in [3.05, 3.63) is 38.3 Å². The minimum Gasteiger partial charge on any atom is -0.461 e. The highest BCUT2D eigenvalue weighted by Crippen LogP contribution is 2.22. The Morgan fingerprint density at radius 3 is 2.64 bits per heavy atom. The van der Waals surface area contributed by atoms with E-state index in [0.717, 1.165) is 42.9 Å². The number of nitrogens with zero attached hydrogens (tertiary/aromatic N) is 2. The second-order valence-electron chi connectivity index (χ2n) is 5.72. The Kier molecular flexibility index (Phi) is 4.95. The largest absolute Gasteiger partial charge is 0.461 e. The third-order valence-electron chi connectivity index (χ3n) is 4.05. The molecule has 2 rings (SSSR count). The normalized spacial score (nSPS) is 17.0. The zero-order valence-corrected chi connectivity index (χ0v) is 12.8. The lowest BCUT2D eigenvalue weighted by molar-refractivity contribution is -0.386. The van der Waals surface area contributed by atoms with Crippen LogP contribution in [0, 0.1) is 17.0 Å². The Morgan fingerprint density at radius 2 is 2.05 bits per heavy atom. The number of carbonyl (C=O) groups excluding carboxylic acids is 1. The molecule has 120 valence electrons. The van der Waals surface area contributed by atoms with Gasteiger partial charge in [0.05, 0.1) is 11.1 Å². The molecular formula is C15H20N2O5. The number of esters is 1. The van der Waals surface area contributed by atoms with Gasteiger partial charge in [0, 0.05) is 11.6 Å². The van der Waals surface area contributed by atoms with Gasteiger partial charge in [0.2, 0.25) is 0 Å². The van der Waals surface area contributed by atoms with E-state index in [1.165, 1.54) is 19.9 Å². The van der Waals surface area contributed by atoms with Crippen LogP contribution in [0.3, 0.4) is 0 Å². The molecule has 0 spiro atoms. The first-order valence-electron chi connectivity index (χ1n) is 7.48. The highest BCUT2D eigenvalue weighted by Gasteiger charge is 2.25. The van der Waals surface area contributed by atoms with Crippen molar-refractivity contribution in [1.82, 2.24) is 4.57 Å². The van der Waals surface area contributed by atoms with E-state index in [1.54, 1.807) is 0 Å². The summed E-state index contributed by atoms with van der Waals surface area (Å²) in [6.45, 7) is 3.01. The predicted molar refractivity (Wildman–Crippen MR) is 79.8 cm³/mol. The zero-order chi connectivity index (χ0) is 16.3. The van der Waals surface area contributed by atoms with Gasteiger partial charge in [0.15, 0.2) is 0 Å². The molecular weight excluding hydrogens is 288 g/mol. The second-order valence-corrected chi connectivity index (χ2v) is 5.72. The zero-order valence-electron chi connectivity index (χ0n) is 12.8. The molecule has 0 amide bonds. The van der Waals surface area contributed by atoms with E-state index in [4.69, 9.17) is 4.74 Å². The summed E-state index contributed by atoms with van der Waals surface area (Å²) >= 11 is 0. The average Bonchev–Trinajstić information content (AvgIpc) is 2.47. The van der Waals surface area contributed by atoms with Crippen LogP contribution in [-0.4, -0.2) is 21.6 Å². The van der Waals surface area contributed by atoms with Crippen molar-refractivity contribution < 1.29 is 14.5 Å². The van der Waals surface area contributed by atoms with E-state index in [-0.39, 0.29) is 17.4 Å². The summed E-state index contributed by atoms with van der Waals surface area (Å²) in [5.74, 6) is -0.521. The predicted octanol–water partition coefficient (Wildman–Crippen LogP) is 2.50. The van der Waals surface area contributed by atoms with Crippen LogP contribution in [0.2, 0.25) is 0 Å². The van der Waals surface area contributed by atoms with Gasteiger partial charge in [-0.25, -0.2) is 4.79 Å². The van der Waals surface area contributed by atoms with Crippen LogP contribution in [-0.2, 0) is 9.53 Å². The van der Waals surface area contributed by atoms with E-state index in [1.807, 2.05) is 0 Å². The maximum absolute atomic E-state index is 12.2. The first kappa shape index (κ1) is 16.2. The van der Waals surface area contributed by atoms with Crippen LogP contribution >= 0.6 is 0 Å². The van der Waals surface area contributed by atoms with Crippen molar-refractivity contribution in [3.8, 4) is 0 Å². The van der Waals surface area contributed by atoms with Gasteiger partial charge in [-0.2, -0.15) is 0 Å². The Hall–Kier alpha value is -2.18. The van der Waals surface area contributed by atoms with Gasteiger partial charge in [-0.05, 0) is 39.5 Å². The first-order valence-corrected chi connectivity index (χ1v) is 7.48. The Bertz CT molecular complexity index is 631. The van der Waals surface area contributed by atoms with Crippen LogP contribution in [0.5, 0.6) is 0 Å². The van der Waals surface area contributed by atoms with Crippen LogP contribution in [0.4, 0.5) is 5.69 Å². The molecule has 1 aromatic heterocycles. The number of carbonyl (C=O) groups is 1. The van der Waals surface area contributed by atoms with Crippen LogP contribution in [0.1, 0.15) is 50.6 Å². The standard InChI is InChI=1S/C15H20N2O5/c1-10-8-14(18)16(9-13(10)17(20)21)11(2)15(19)22-12-6-4-3-5-7-12/h8-9,11-12H,3-7H2,1-2H3. The summed E-state index contributed by atoms with van der Waals surface area (Å²) < 4.78 is 6.49. The number of nitro groups is 1. The number of rotatable bonds is 4. The van der Waals surface area contributed by atoms with E-state index < -0.39 is 22.5 Å². The number of pyridine rings is 1. The maximum Gasteiger partial charge on any atom is 0.329 e. The Labute approximate surface area is 128 Å². The van der Waals surface area contributed by atoms with Crippen molar-refractivity contribution >= 4 is 11.7 Å². The number of hydrogen-bond donors (Lipinski definition) is 0. The molecule has 1 heterocycles. The van der Waals surface area contributed by atoms with Gasteiger partial charge in [0.1, 0.15) is 12.1 Å². The number of hydrogen-bond acceptors (Lipinski definition) is 5. The molecule has 1 aromatic rings. The molecule has 0 N–H and O–H groups in total. The highest BCUT2D eigenvalue weighted by molar-refractivity contribution is 5.74. The van der Waals surface area contributed by atoms with E-state index in [2.05, 4.69) is 0 Å². The van der Waals surface area contributed by atoms with Crippen molar-refractivity contribution in [2.75, 3.05) is 0 Å². The van der Waals surface area contributed by atoms with Crippen molar-refractivity contribution in [2.24, 2.45) is 0 Å². The molecule has 1 aliphatic carbocycles. The van der Waals surface area contributed by atoms with Crippen LogP contribution in [0.25, 0.3) is 0 Å². The summed E-state index contributed by atoms with van der Waals surface area (Å²) in [5.41, 5.74) is -0.354. The molecule has 1 atom stereocenters. The summed E-state index contributed by atoms with van der Waals surface area (Å²) in [6.07, 6.45) is 5.88. The minimum atomic E-state index is -0.881. The van der Waals surface area contributed by atoms with Crippen molar-refractivity contribution in [3.63, 3.8) is 0 Å². The van der Waals surface area contributed by atoms with Gasteiger partial charge < -0.3 is 4.74 Å². The Balaban J connectivity index is 2.19. The quantitative estimate of drug-likeness (QED) is 0.484. The third-order valence-corrected chi connectivity index (χ3v) is 4.05. The topological polar surface area (TPSA) is 91.4 Å². The molecule has 1 saturated carbocycles. The number of aryl methyl sites for hydroxylation is 1. The Morgan fingerprint density at radius 1 is 1.41 bits per heavy atom. The highest BCUT2D eigenvalue weighted by atomic mass is 16.6. The molecule has 0 saturated heterocycles. The molecule has 0 aliphatic heterocycles. The molecule has 1 fully saturated rings. The fourth-order valence-corrected chi connectivity index (χ4v) is 2.68.